The van der Waals surface area contributed by atoms with Crippen LogP contribution >= 0.6 is 12.2 Å². The monoisotopic (exact) mass is 141 g/mol. The maximum absolute atomic E-state index is 5.65. The van der Waals surface area contributed by atoms with Crippen LogP contribution in [-0.2, 0) is 0 Å². The van der Waals surface area contributed by atoms with Gasteiger partial charge in [-0.25, -0.2) is 0 Å². The molecule has 0 spiro atoms. The zero-order valence-corrected chi connectivity index (χ0v) is 6.37. The molecule has 1 unspecified atom stereocenters. The molecule has 2 N–H and O–H groups in total. The lowest BCUT2D eigenvalue weighted by molar-refractivity contribution is 0.737. The van der Waals surface area contributed by atoms with Crippen molar-refractivity contribution in [3.8, 4) is 0 Å². The predicted octanol–water partition coefficient (Wildman–Crippen LogP) is 1.42. The van der Waals surface area contributed by atoms with Crippen molar-refractivity contribution in [2.24, 2.45) is 5.73 Å². The summed E-state index contributed by atoms with van der Waals surface area (Å²) >= 11 is 5.00. The van der Waals surface area contributed by atoms with Gasteiger partial charge in [-0.15, -0.1) is 0 Å². The standard InChI is InChI=1S/C7H11NS/c1-5-2-3-6(8)7(9)4-5/h4,6H,2-3,8H2,1H3. The summed E-state index contributed by atoms with van der Waals surface area (Å²) in [6, 6.07) is 0.142. The Morgan fingerprint density at radius 3 is 2.89 bits per heavy atom. The van der Waals surface area contributed by atoms with Gasteiger partial charge in [0.1, 0.15) is 0 Å². The zero-order chi connectivity index (χ0) is 6.85. The molecule has 0 saturated carbocycles. The highest BCUT2D eigenvalue weighted by Gasteiger charge is 2.11. The molecule has 0 bridgehead atoms. The molecule has 1 rings (SSSR count). The van der Waals surface area contributed by atoms with Gasteiger partial charge < -0.3 is 5.73 Å². The Hall–Kier alpha value is -0.210. The van der Waals surface area contributed by atoms with Gasteiger partial charge in [-0.3, -0.25) is 0 Å². The summed E-state index contributed by atoms with van der Waals surface area (Å²) < 4.78 is 0. The quantitative estimate of drug-likeness (QED) is 0.516. The molecule has 0 amide bonds. The van der Waals surface area contributed by atoms with Gasteiger partial charge in [0.25, 0.3) is 0 Å². The molecule has 0 radical (unpaired) electrons. The first-order chi connectivity index (χ1) is 4.20. The van der Waals surface area contributed by atoms with E-state index in [1.165, 1.54) is 5.57 Å². The van der Waals surface area contributed by atoms with Gasteiger partial charge in [0.15, 0.2) is 0 Å². The summed E-state index contributed by atoms with van der Waals surface area (Å²) in [7, 11) is 0. The Balaban J connectivity index is 2.70. The fraction of sp³-hybridized carbons (Fsp3) is 0.571. The summed E-state index contributed by atoms with van der Waals surface area (Å²) in [6.45, 7) is 2.10. The van der Waals surface area contributed by atoms with Crippen molar-refractivity contribution in [1.82, 2.24) is 0 Å². The molecule has 0 aromatic heterocycles. The molecule has 50 valence electrons. The molecule has 2 heteroatoms. The number of hydrogen-bond acceptors (Lipinski definition) is 2. The molecule has 0 aliphatic heterocycles. The lowest BCUT2D eigenvalue weighted by Gasteiger charge is -2.16. The van der Waals surface area contributed by atoms with Crippen LogP contribution < -0.4 is 5.73 Å². The third kappa shape index (κ3) is 1.60. The van der Waals surface area contributed by atoms with E-state index >= 15 is 0 Å². The third-order valence-electron chi connectivity index (χ3n) is 1.60. The molecule has 1 aliphatic carbocycles. The summed E-state index contributed by atoms with van der Waals surface area (Å²) in [6.07, 6.45) is 4.16. The van der Waals surface area contributed by atoms with Crippen molar-refractivity contribution >= 4 is 17.1 Å². The van der Waals surface area contributed by atoms with Gasteiger partial charge >= 0.3 is 0 Å². The first-order valence-electron chi connectivity index (χ1n) is 3.17. The summed E-state index contributed by atoms with van der Waals surface area (Å²) in [5, 5.41) is 0. The first kappa shape index (κ1) is 6.90. The number of nitrogens with two attached hydrogens (primary N) is 1. The minimum atomic E-state index is 0.142. The third-order valence-corrected chi connectivity index (χ3v) is 2.02. The highest BCUT2D eigenvalue weighted by molar-refractivity contribution is 7.80. The van der Waals surface area contributed by atoms with Crippen LogP contribution in [0.15, 0.2) is 11.6 Å². The molecule has 0 aromatic carbocycles. The Morgan fingerprint density at radius 1 is 1.78 bits per heavy atom. The molecule has 0 fully saturated rings. The number of thiocarbonyl (C=S) groups is 1. The smallest absolute Gasteiger partial charge is 0.0401 e. The highest BCUT2D eigenvalue weighted by atomic mass is 32.1. The van der Waals surface area contributed by atoms with Crippen LogP contribution in [0.2, 0.25) is 0 Å². The largest absolute Gasteiger partial charge is 0.323 e. The van der Waals surface area contributed by atoms with Gasteiger partial charge in [0, 0.05) is 10.9 Å². The van der Waals surface area contributed by atoms with Crippen LogP contribution in [0.4, 0.5) is 0 Å². The molecular weight excluding hydrogens is 130 g/mol. The van der Waals surface area contributed by atoms with E-state index in [-0.39, 0.29) is 6.04 Å². The summed E-state index contributed by atoms with van der Waals surface area (Å²) in [5.74, 6) is 0. The first-order valence-corrected chi connectivity index (χ1v) is 3.57. The van der Waals surface area contributed by atoms with Gasteiger partial charge in [-0.2, -0.15) is 0 Å². The lowest BCUT2D eigenvalue weighted by Crippen LogP contribution is -2.30. The molecule has 0 heterocycles. The van der Waals surface area contributed by atoms with Gasteiger partial charge in [-0.05, 0) is 25.8 Å². The molecule has 1 atom stereocenters. The van der Waals surface area contributed by atoms with Crippen molar-refractivity contribution in [3.63, 3.8) is 0 Å². The molecule has 1 aliphatic rings. The SMILES string of the molecule is CC1=CC(=S)C(N)CC1. The van der Waals surface area contributed by atoms with Crippen LogP contribution in [0.3, 0.4) is 0 Å². The van der Waals surface area contributed by atoms with E-state index in [0.29, 0.717) is 0 Å². The Kier molecular flexibility index (Phi) is 1.98. The Bertz CT molecular complexity index is 160. The summed E-state index contributed by atoms with van der Waals surface area (Å²) in [4.78, 5) is 0.916. The minimum absolute atomic E-state index is 0.142. The van der Waals surface area contributed by atoms with E-state index in [0.717, 1.165) is 17.7 Å². The van der Waals surface area contributed by atoms with Crippen molar-refractivity contribution in [1.29, 1.82) is 0 Å². The van der Waals surface area contributed by atoms with Crippen LogP contribution in [0.5, 0.6) is 0 Å². The second-order valence-corrected chi connectivity index (χ2v) is 3.01. The number of rotatable bonds is 0. The van der Waals surface area contributed by atoms with Crippen LogP contribution in [0.25, 0.3) is 0 Å². The molecule has 0 aromatic rings. The molecule has 0 saturated heterocycles. The van der Waals surface area contributed by atoms with E-state index < -0.39 is 0 Å². The lowest BCUT2D eigenvalue weighted by atomic mass is 9.97. The molecular formula is C7H11NS. The average Bonchev–Trinajstić information content (AvgIpc) is 1.80. The van der Waals surface area contributed by atoms with Crippen molar-refractivity contribution in [3.05, 3.63) is 11.6 Å². The second kappa shape index (κ2) is 2.58. The Morgan fingerprint density at radius 2 is 2.44 bits per heavy atom. The molecule has 9 heavy (non-hydrogen) atoms. The topological polar surface area (TPSA) is 26.0 Å². The van der Waals surface area contributed by atoms with Crippen molar-refractivity contribution in [2.75, 3.05) is 0 Å². The van der Waals surface area contributed by atoms with Crippen molar-refractivity contribution < 1.29 is 0 Å². The maximum atomic E-state index is 5.65. The maximum Gasteiger partial charge on any atom is 0.0401 e. The van der Waals surface area contributed by atoms with Gasteiger partial charge in [0.05, 0.1) is 0 Å². The van der Waals surface area contributed by atoms with Crippen LogP contribution in [-0.4, -0.2) is 10.9 Å². The minimum Gasteiger partial charge on any atom is -0.323 e. The molecule has 1 nitrogen and oxygen atoms in total. The van der Waals surface area contributed by atoms with E-state index in [9.17, 15) is 0 Å². The van der Waals surface area contributed by atoms with E-state index in [2.05, 4.69) is 6.92 Å². The number of hydrogen-bond donors (Lipinski definition) is 1. The van der Waals surface area contributed by atoms with E-state index in [4.69, 9.17) is 18.0 Å². The zero-order valence-electron chi connectivity index (χ0n) is 5.55. The summed E-state index contributed by atoms with van der Waals surface area (Å²) in [5.41, 5.74) is 7.02. The number of allylic oxidation sites excluding steroid dienone is 1. The Labute approximate surface area is 60.9 Å². The van der Waals surface area contributed by atoms with Gasteiger partial charge in [-0.1, -0.05) is 17.8 Å². The van der Waals surface area contributed by atoms with Crippen LogP contribution in [0, 0.1) is 0 Å². The van der Waals surface area contributed by atoms with Crippen LogP contribution in [0.1, 0.15) is 19.8 Å². The average molecular weight is 141 g/mol. The van der Waals surface area contributed by atoms with Crippen molar-refractivity contribution in [2.45, 2.75) is 25.8 Å². The second-order valence-electron chi connectivity index (χ2n) is 2.54. The van der Waals surface area contributed by atoms with E-state index in [1.54, 1.807) is 0 Å². The van der Waals surface area contributed by atoms with Gasteiger partial charge in [0.2, 0.25) is 0 Å². The fourth-order valence-corrected chi connectivity index (χ4v) is 1.27. The fourth-order valence-electron chi connectivity index (χ4n) is 0.947. The highest BCUT2D eigenvalue weighted by Crippen LogP contribution is 2.13. The normalized spacial score (nSPS) is 28.0. The van der Waals surface area contributed by atoms with E-state index in [1.807, 2.05) is 6.08 Å². The predicted molar refractivity (Wildman–Crippen MR) is 43.6 cm³/mol.